The third-order valence-electron chi connectivity index (χ3n) is 4.25. The van der Waals surface area contributed by atoms with Gasteiger partial charge in [0.15, 0.2) is 0 Å². The molecular weight excluding hydrogens is 411 g/mol. The number of aromatic nitrogens is 1. The Morgan fingerprint density at radius 1 is 1.27 bits per heavy atom. The Balaban J connectivity index is 1.57. The van der Waals surface area contributed by atoms with Crippen LogP contribution in [-0.4, -0.2) is 30.0 Å². The van der Waals surface area contributed by atoms with E-state index in [2.05, 4.69) is 26.2 Å². The number of carbonyl (C=O) groups is 1. The number of benzene rings is 1. The zero-order valence-electron chi connectivity index (χ0n) is 13.8. The molecule has 3 rings (SSSR count). The van der Waals surface area contributed by atoms with Crippen molar-refractivity contribution in [2.24, 2.45) is 0 Å². The molecule has 1 aliphatic rings. The number of hydrogen-bond donors (Lipinski definition) is 1. The topological polar surface area (TPSA) is 45.2 Å². The molecule has 0 bridgehead atoms. The Labute approximate surface area is 157 Å². The lowest BCUT2D eigenvalue weighted by atomic mass is 10.1. The Morgan fingerprint density at radius 2 is 2.00 bits per heavy atom. The number of rotatable bonds is 4. The van der Waals surface area contributed by atoms with Gasteiger partial charge in [-0.25, -0.2) is 0 Å². The highest BCUT2D eigenvalue weighted by Crippen LogP contribution is 2.31. The van der Waals surface area contributed by atoms with Gasteiger partial charge in [0.2, 0.25) is 5.91 Å². The molecule has 26 heavy (non-hydrogen) atoms. The number of carbonyl (C=O) groups excluding carboxylic acids is 1. The minimum Gasteiger partial charge on any atom is -0.368 e. The predicted molar refractivity (Wildman–Crippen MR) is 95.8 cm³/mol. The van der Waals surface area contributed by atoms with Gasteiger partial charge in [-0.1, -0.05) is 28.1 Å². The first-order valence-electron chi connectivity index (χ1n) is 8.12. The van der Waals surface area contributed by atoms with Crippen LogP contribution in [0.25, 0.3) is 0 Å². The summed E-state index contributed by atoms with van der Waals surface area (Å²) in [6, 6.07) is 8.50. The van der Waals surface area contributed by atoms with Crippen LogP contribution in [0, 0.1) is 0 Å². The minimum absolute atomic E-state index is 0.0903. The smallest absolute Gasteiger partial charge is 0.368 e. The van der Waals surface area contributed by atoms with Gasteiger partial charge in [-0.15, -0.1) is 0 Å². The number of alkyl halides is 3. The molecule has 1 amide bonds. The number of anilines is 1. The first-order valence-corrected chi connectivity index (χ1v) is 8.91. The van der Waals surface area contributed by atoms with E-state index in [-0.39, 0.29) is 18.4 Å². The van der Waals surface area contributed by atoms with E-state index in [0.717, 1.165) is 22.3 Å². The van der Waals surface area contributed by atoms with E-state index in [0.29, 0.717) is 25.2 Å². The largest absolute Gasteiger partial charge is 0.417 e. The normalized spacial score (nSPS) is 17.4. The maximum absolute atomic E-state index is 12.8. The standard InChI is InChI=1S/C18H17BrF3N3O/c19-14-3-1-12(2-4-14)7-17(26)24-15-5-6-25(11-15)16-8-13(9-23-10-16)18(20,21)22/h1-4,8-10,15H,5-7,11H2,(H,24,26)/t15-/m1/s1. The lowest BCUT2D eigenvalue weighted by molar-refractivity contribution is -0.137. The first kappa shape index (κ1) is 18.7. The molecule has 1 atom stereocenters. The fourth-order valence-corrected chi connectivity index (χ4v) is 3.20. The van der Waals surface area contributed by atoms with Crippen LogP contribution in [-0.2, 0) is 17.4 Å². The fourth-order valence-electron chi connectivity index (χ4n) is 2.93. The SMILES string of the molecule is O=C(Cc1ccc(Br)cc1)N[C@@H]1CCN(c2cncc(C(F)(F)F)c2)C1. The summed E-state index contributed by atoms with van der Waals surface area (Å²) in [6.07, 6.45) is -1.23. The van der Waals surface area contributed by atoms with Gasteiger partial charge < -0.3 is 10.2 Å². The van der Waals surface area contributed by atoms with E-state index in [1.165, 1.54) is 6.20 Å². The molecule has 8 heteroatoms. The van der Waals surface area contributed by atoms with Crippen molar-refractivity contribution < 1.29 is 18.0 Å². The second-order valence-corrected chi connectivity index (χ2v) is 7.15. The van der Waals surface area contributed by atoms with Crippen LogP contribution in [0.3, 0.4) is 0 Å². The number of nitrogens with zero attached hydrogens (tertiary/aromatic N) is 2. The van der Waals surface area contributed by atoms with Crippen LogP contribution in [0.2, 0.25) is 0 Å². The van der Waals surface area contributed by atoms with Gasteiger partial charge in [-0.3, -0.25) is 9.78 Å². The molecule has 2 aromatic rings. The van der Waals surface area contributed by atoms with Gasteiger partial charge >= 0.3 is 6.18 Å². The molecule has 1 aromatic carbocycles. The summed E-state index contributed by atoms with van der Waals surface area (Å²) in [4.78, 5) is 17.7. The van der Waals surface area contributed by atoms with E-state index in [1.807, 2.05) is 29.2 Å². The molecule has 1 N–H and O–H groups in total. The number of hydrogen-bond acceptors (Lipinski definition) is 3. The molecule has 4 nitrogen and oxygen atoms in total. The highest BCUT2D eigenvalue weighted by atomic mass is 79.9. The molecule has 0 spiro atoms. The van der Waals surface area contributed by atoms with Gasteiger partial charge in [0.05, 0.1) is 23.9 Å². The average Bonchev–Trinajstić information content (AvgIpc) is 3.05. The Bertz CT molecular complexity index is 780. The van der Waals surface area contributed by atoms with Gasteiger partial charge in [0.25, 0.3) is 0 Å². The summed E-state index contributed by atoms with van der Waals surface area (Å²) in [7, 11) is 0. The molecule has 1 fully saturated rings. The third-order valence-corrected chi connectivity index (χ3v) is 4.78. The number of pyridine rings is 1. The molecule has 2 heterocycles. The van der Waals surface area contributed by atoms with Crippen LogP contribution < -0.4 is 10.2 Å². The quantitative estimate of drug-likeness (QED) is 0.806. The van der Waals surface area contributed by atoms with Crippen molar-refractivity contribution in [1.29, 1.82) is 0 Å². The molecule has 1 saturated heterocycles. The molecule has 1 aliphatic heterocycles. The van der Waals surface area contributed by atoms with E-state index < -0.39 is 11.7 Å². The summed E-state index contributed by atoms with van der Waals surface area (Å²) >= 11 is 3.35. The second kappa shape index (κ2) is 7.65. The average molecular weight is 428 g/mol. The van der Waals surface area contributed by atoms with Crippen molar-refractivity contribution in [3.8, 4) is 0 Å². The van der Waals surface area contributed by atoms with E-state index in [4.69, 9.17) is 0 Å². The monoisotopic (exact) mass is 427 g/mol. The molecule has 138 valence electrons. The predicted octanol–water partition coefficient (Wildman–Crippen LogP) is 3.80. The van der Waals surface area contributed by atoms with E-state index >= 15 is 0 Å². The van der Waals surface area contributed by atoms with Crippen molar-refractivity contribution in [2.75, 3.05) is 18.0 Å². The van der Waals surface area contributed by atoms with Gasteiger partial charge in [-0.05, 0) is 30.2 Å². The van der Waals surface area contributed by atoms with Gasteiger partial charge in [0, 0.05) is 29.8 Å². The minimum atomic E-state index is -4.42. The van der Waals surface area contributed by atoms with Crippen molar-refractivity contribution in [3.63, 3.8) is 0 Å². The third kappa shape index (κ3) is 4.75. The van der Waals surface area contributed by atoms with Crippen molar-refractivity contribution in [3.05, 3.63) is 58.3 Å². The van der Waals surface area contributed by atoms with Crippen LogP contribution in [0.15, 0.2) is 47.2 Å². The van der Waals surface area contributed by atoms with Gasteiger partial charge in [0.1, 0.15) is 0 Å². The zero-order chi connectivity index (χ0) is 18.7. The Kier molecular flexibility index (Phi) is 5.50. The second-order valence-electron chi connectivity index (χ2n) is 6.23. The molecule has 0 aliphatic carbocycles. The molecule has 0 radical (unpaired) electrons. The summed E-state index contributed by atoms with van der Waals surface area (Å²) in [5, 5.41) is 2.95. The number of nitrogens with one attached hydrogen (secondary N) is 1. The molecular formula is C18H17BrF3N3O. The number of amides is 1. The number of halogens is 4. The van der Waals surface area contributed by atoms with Crippen molar-refractivity contribution in [2.45, 2.75) is 25.1 Å². The van der Waals surface area contributed by atoms with E-state index in [9.17, 15) is 18.0 Å². The maximum Gasteiger partial charge on any atom is 0.417 e. The van der Waals surface area contributed by atoms with Crippen LogP contribution in [0.4, 0.5) is 18.9 Å². The first-order chi connectivity index (χ1) is 12.3. The van der Waals surface area contributed by atoms with Crippen LogP contribution in [0.5, 0.6) is 0 Å². The summed E-state index contributed by atoms with van der Waals surface area (Å²) in [5.74, 6) is -0.0960. The lowest BCUT2D eigenvalue weighted by Crippen LogP contribution is -2.38. The van der Waals surface area contributed by atoms with Crippen LogP contribution in [0.1, 0.15) is 17.5 Å². The summed E-state index contributed by atoms with van der Waals surface area (Å²) in [5.41, 5.74) is 0.560. The fraction of sp³-hybridized carbons (Fsp3) is 0.333. The molecule has 1 aromatic heterocycles. The van der Waals surface area contributed by atoms with E-state index in [1.54, 1.807) is 0 Å². The Hall–Kier alpha value is -2.09. The highest BCUT2D eigenvalue weighted by Gasteiger charge is 2.32. The summed E-state index contributed by atoms with van der Waals surface area (Å²) < 4.78 is 39.4. The molecule has 0 saturated carbocycles. The summed E-state index contributed by atoms with van der Waals surface area (Å²) in [6.45, 7) is 1.04. The van der Waals surface area contributed by atoms with Gasteiger partial charge in [-0.2, -0.15) is 13.2 Å². The van der Waals surface area contributed by atoms with Crippen molar-refractivity contribution >= 4 is 27.5 Å². The zero-order valence-corrected chi connectivity index (χ0v) is 15.3. The highest BCUT2D eigenvalue weighted by molar-refractivity contribution is 9.10. The maximum atomic E-state index is 12.8. The lowest BCUT2D eigenvalue weighted by Gasteiger charge is -2.20. The van der Waals surface area contributed by atoms with Crippen molar-refractivity contribution in [1.82, 2.24) is 10.3 Å². The Morgan fingerprint density at radius 3 is 2.69 bits per heavy atom. The molecule has 0 unspecified atom stereocenters. The van der Waals surface area contributed by atoms with Crippen LogP contribution >= 0.6 is 15.9 Å².